The van der Waals surface area contributed by atoms with Gasteiger partial charge in [0.05, 0.1) is 6.54 Å². The third kappa shape index (κ3) is 4.22. The van der Waals surface area contributed by atoms with E-state index < -0.39 is 12.0 Å². The Morgan fingerprint density at radius 3 is 2.77 bits per heavy atom. The van der Waals surface area contributed by atoms with Gasteiger partial charge in [-0.1, -0.05) is 13.3 Å². The van der Waals surface area contributed by atoms with Crippen molar-refractivity contribution in [3.05, 3.63) is 10.4 Å². The minimum absolute atomic E-state index is 0.480. The van der Waals surface area contributed by atoms with Crippen molar-refractivity contribution < 1.29 is 9.90 Å². The quantitative estimate of drug-likeness (QED) is 0.297. The van der Waals surface area contributed by atoms with Crippen molar-refractivity contribution in [3.63, 3.8) is 0 Å². The van der Waals surface area contributed by atoms with Gasteiger partial charge in [-0.3, -0.25) is 0 Å². The highest BCUT2D eigenvalue weighted by atomic mass is 16.4. The first kappa shape index (κ1) is 11.6. The maximum absolute atomic E-state index is 10.6. The van der Waals surface area contributed by atoms with Crippen LogP contribution >= 0.6 is 0 Å². The van der Waals surface area contributed by atoms with Crippen molar-refractivity contribution >= 4 is 5.97 Å². The smallest absolute Gasteiger partial charge is 0.348 e. The van der Waals surface area contributed by atoms with Gasteiger partial charge in [0, 0.05) is 0 Å². The minimum Gasteiger partial charge on any atom is -0.478 e. The van der Waals surface area contributed by atoms with Crippen molar-refractivity contribution in [1.82, 2.24) is 5.01 Å². The second kappa shape index (κ2) is 6.14. The minimum atomic E-state index is -0.983. The lowest BCUT2D eigenvalue weighted by atomic mass is 10.3. The van der Waals surface area contributed by atoms with E-state index in [4.69, 9.17) is 10.6 Å². The molecule has 0 spiro atoms. The van der Waals surface area contributed by atoms with Crippen LogP contribution in [-0.4, -0.2) is 28.7 Å². The molecule has 0 heterocycles. The highest BCUT2D eigenvalue weighted by molar-refractivity contribution is 5.72. The number of rotatable bonds is 6. The van der Waals surface area contributed by atoms with Gasteiger partial charge in [0.25, 0.3) is 0 Å². The molecular weight excluding hydrogens is 172 g/mol. The van der Waals surface area contributed by atoms with Crippen LogP contribution in [0, 0.1) is 0 Å². The van der Waals surface area contributed by atoms with Crippen LogP contribution in [0.5, 0.6) is 0 Å². The molecule has 0 rings (SSSR count). The summed E-state index contributed by atoms with van der Waals surface area (Å²) in [6.07, 6.45) is 1.75. The van der Waals surface area contributed by atoms with Crippen molar-refractivity contribution in [3.8, 4) is 0 Å². The Morgan fingerprint density at radius 1 is 1.77 bits per heavy atom. The van der Waals surface area contributed by atoms with E-state index in [1.165, 1.54) is 11.9 Å². The molecule has 0 unspecified atom stereocenters. The zero-order valence-electron chi connectivity index (χ0n) is 7.84. The molecule has 1 N–H and O–H groups in total. The van der Waals surface area contributed by atoms with Crippen LogP contribution in [-0.2, 0) is 4.79 Å². The van der Waals surface area contributed by atoms with Gasteiger partial charge in [0.2, 0.25) is 0 Å². The van der Waals surface area contributed by atoms with E-state index in [1.807, 2.05) is 6.92 Å². The van der Waals surface area contributed by atoms with Gasteiger partial charge >= 0.3 is 5.97 Å². The van der Waals surface area contributed by atoms with Gasteiger partial charge in [-0.2, -0.15) is 4.91 Å². The zero-order chi connectivity index (χ0) is 10.3. The average Bonchev–Trinajstić information content (AvgIpc) is 2.11. The lowest BCUT2D eigenvalue weighted by Crippen LogP contribution is -2.35. The number of carboxylic acids is 1. The van der Waals surface area contributed by atoms with Crippen molar-refractivity contribution in [2.24, 2.45) is 5.22 Å². The van der Waals surface area contributed by atoms with Gasteiger partial charge < -0.3 is 5.11 Å². The van der Waals surface area contributed by atoms with Crippen LogP contribution in [0.4, 0.5) is 0 Å². The molecule has 0 aromatic carbocycles. The maximum Gasteiger partial charge on any atom is 0.348 e. The standard InChI is InChI=1S/C7H14N4O2/c1-3-4-5-11(10-9-8)6(2)7(12)13/h6H,3-5H2,1-2H3,(H,12,13)/t6-/m0/s1. The SMILES string of the molecule is CCCCN(N=[N+]=[N-])[C@@H](C)C(=O)O. The summed E-state index contributed by atoms with van der Waals surface area (Å²) in [6, 6.07) is -0.762. The lowest BCUT2D eigenvalue weighted by molar-refractivity contribution is -0.142. The summed E-state index contributed by atoms with van der Waals surface area (Å²) in [5.41, 5.74) is 8.19. The first-order valence-electron chi connectivity index (χ1n) is 4.18. The van der Waals surface area contributed by atoms with Gasteiger partial charge in [-0.25, -0.2) is 9.80 Å². The Morgan fingerprint density at radius 2 is 2.38 bits per heavy atom. The Bertz CT molecular complexity index is 213. The van der Waals surface area contributed by atoms with E-state index in [1.54, 1.807) is 0 Å². The Balaban J connectivity index is 4.22. The molecule has 6 heteroatoms. The van der Waals surface area contributed by atoms with Crippen LogP contribution in [0.3, 0.4) is 0 Å². The summed E-state index contributed by atoms with van der Waals surface area (Å²) >= 11 is 0. The van der Waals surface area contributed by atoms with E-state index in [2.05, 4.69) is 10.1 Å². The number of carbonyl (C=O) groups is 1. The summed E-state index contributed by atoms with van der Waals surface area (Å²) in [7, 11) is 0. The first-order chi connectivity index (χ1) is 6.13. The molecule has 0 saturated carbocycles. The largest absolute Gasteiger partial charge is 0.478 e. The van der Waals surface area contributed by atoms with Crippen LogP contribution < -0.4 is 0 Å². The number of carboxylic acid groups (broad SMARTS) is 1. The van der Waals surface area contributed by atoms with E-state index >= 15 is 0 Å². The van der Waals surface area contributed by atoms with Gasteiger partial charge in [-0.05, 0) is 18.6 Å². The molecule has 0 aliphatic rings. The summed E-state index contributed by atoms with van der Waals surface area (Å²) in [4.78, 5) is 13.1. The molecule has 0 radical (unpaired) electrons. The molecule has 13 heavy (non-hydrogen) atoms. The molecule has 1 atom stereocenters. The first-order valence-corrected chi connectivity index (χ1v) is 4.18. The van der Waals surface area contributed by atoms with Crippen LogP contribution in [0.15, 0.2) is 5.22 Å². The summed E-state index contributed by atoms with van der Waals surface area (Å²) < 4.78 is 0. The molecule has 74 valence electrons. The molecule has 0 bridgehead atoms. The monoisotopic (exact) mass is 186 g/mol. The van der Waals surface area contributed by atoms with E-state index in [0.717, 1.165) is 12.8 Å². The number of hydrogen-bond donors (Lipinski definition) is 1. The Kier molecular flexibility index (Phi) is 5.47. The summed E-state index contributed by atoms with van der Waals surface area (Å²) in [5.74, 6) is -0.983. The predicted octanol–water partition coefficient (Wildman–Crippen LogP) is 1.79. The number of nitrogens with zero attached hydrogens (tertiary/aromatic N) is 4. The molecule has 6 nitrogen and oxygen atoms in total. The van der Waals surface area contributed by atoms with Crippen LogP contribution in [0.1, 0.15) is 26.7 Å². The summed E-state index contributed by atoms with van der Waals surface area (Å²) in [6.45, 7) is 3.96. The maximum atomic E-state index is 10.6. The summed E-state index contributed by atoms with van der Waals surface area (Å²) in [5, 5.41) is 13.2. The average molecular weight is 186 g/mol. The second-order valence-corrected chi connectivity index (χ2v) is 2.71. The Hall–Kier alpha value is -1.42. The Labute approximate surface area is 76.7 Å². The molecule has 0 saturated heterocycles. The number of aliphatic carboxylic acids is 1. The van der Waals surface area contributed by atoms with Gasteiger partial charge in [0.15, 0.2) is 6.04 Å². The van der Waals surface area contributed by atoms with Gasteiger partial charge in [0.1, 0.15) is 0 Å². The number of hydrogen-bond acceptors (Lipinski definition) is 2. The molecule has 0 aliphatic carbocycles. The highest BCUT2D eigenvalue weighted by Crippen LogP contribution is 2.03. The topological polar surface area (TPSA) is 89.3 Å². The highest BCUT2D eigenvalue weighted by Gasteiger charge is 2.21. The zero-order valence-corrected chi connectivity index (χ0v) is 7.84. The molecule has 0 amide bonds. The lowest BCUT2D eigenvalue weighted by Gasteiger charge is -2.17. The third-order valence-corrected chi connectivity index (χ3v) is 1.70. The van der Waals surface area contributed by atoms with Gasteiger partial charge in [-0.15, -0.1) is 5.53 Å². The molecule has 0 aromatic heterocycles. The third-order valence-electron chi connectivity index (χ3n) is 1.70. The fraction of sp³-hybridized carbons (Fsp3) is 0.857. The van der Waals surface area contributed by atoms with E-state index in [-0.39, 0.29) is 0 Å². The molecular formula is C7H14N4O2. The van der Waals surface area contributed by atoms with E-state index in [0.29, 0.717) is 6.54 Å². The fourth-order valence-electron chi connectivity index (χ4n) is 0.815. The van der Waals surface area contributed by atoms with Crippen LogP contribution in [0.25, 0.3) is 10.4 Å². The van der Waals surface area contributed by atoms with Crippen molar-refractivity contribution in [2.45, 2.75) is 32.7 Å². The molecule has 0 fully saturated rings. The van der Waals surface area contributed by atoms with Crippen molar-refractivity contribution in [1.29, 1.82) is 0 Å². The predicted molar refractivity (Wildman–Crippen MR) is 47.9 cm³/mol. The second-order valence-electron chi connectivity index (χ2n) is 2.71. The number of azide groups is 1. The van der Waals surface area contributed by atoms with Crippen molar-refractivity contribution in [2.75, 3.05) is 6.54 Å². The molecule has 0 aliphatic heterocycles. The normalized spacial score (nSPS) is 11.5. The van der Waals surface area contributed by atoms with E-state index in [9.17, 15) is 4.79 Å². The van der Waals surface area contributed by atoms with Crippen LogP contribution in [0.2, 0.25) is 0 Å². The fourth-order valence-corrected chi connectivity index (χ4v) is 0.815. The number of unbranched alkanes of at least 4 members (excludes halogenated alkanes) is 1. The molecule has 0 aromatic rings.